The number of carbonyl (C=O) groups excluding carboxylic acids is 3. The van der Waals surface area contributed by atoms with Gasteiger partial charge in [0.05, 0.1) is 0 Å². The van der Waals surface area contributed by atoms with Gasteiger partial charge < -0.3 is 14.2 Å². The van der Waals surface area contributed by atoms with Gasteiger partial charge in [-0.05, 0) is 57.8 Å². The van der Waals surface area contributed by atoms with Crippen LogP contribution >= 0.6 is 0 Å². The van der Waals surface area contributed by atoms with Crippen molar-refractivity contribution in [3.63, 3.8) is 0 Å². The molecule has 0 aromatic rings. The van der Waals surface area contributed by atoms with E-state index in [2.05, 4.69) is 57.2 Å². The molecule has 1 atom stereocenters. The van der Waals surface area contributed by atoms with Crippen LogP contribution in [0.1, 0.15) is 412 Å². The molecule has 0 N–H and O–H groups in total. The van der Waals surface area contributed by atoms with E-state index in [1.807, 2.05) is 0 Å². The van der Waals surface area contributed by atoms with Crippen molar-refractivity contribution < 1.29 is 28.6 Å². The molecule has 0 fully saturated rings. The highest BCUT2D eigenvalue weighted by molar-refractivity contribution is 5.71. The second-order valence-corrected chi connectivity index (χ2v) is 25.2. The summed E-state index contributed by atoms with van der Waals surface area (Å²) < 4.78 is 17.0. The van der Waals surface area contributed by atoms with E-state index in [0.29, 0.717) is 19.3 Å². The summed E-state index contributed by atoms with van der Waals surface area (Å²) in [7, 11) is 0. The first-order valence-electron chi connectivity index (χ1n) is 37.0. The van der Waals surface area contributed by atoms with Crippen LogP contribution in [0.4, 0.5) is 0 Å². The quantitative estimate of drug-likeness (QED) is 0.0261. The van der Waals surface area contributed by atoms with E-state index in [1.165, 1.54) is 302 Å². The van der Waals surface area contributed by atoms with Crippen LogP contribution in [-0.2, 0) is 28.6 Å². The Bertz CT molecular complexity index is 1370. The fourth-order valence-corrected chi connectivity index (χ4v) is 11.3. The highest BCUT2D eigenvalue weighted by Gasteiger charge is 2.20. The molecule has 82 heavy (non-hydrogen) atoms. The Labute approximate surface area is 512 Å². The van der Waals surface area contributed by atoms with Crippen molar-refractivity contribution in [2.45, 2.75) is 419 Å². The van der Waals surface area contributed by atoms with E-state index >= 15 is 0 Å². The average Bonchev–Trinajstić information content (AvgIpc) is 3.47. The van der Waals surface area contributed by atoms with Gasteiger partial charge in [-0.3, -0.25) is 14.4 Å². The van der Waals surface area contributed by atoms with Gasteiger partial charge in [-0.25, -0.2) is 0 Å². The van der Waals surface area contributed by atoms with E-state index in [4.69, 9.17) is 14.2 Å². The first-order chi connectivity index (χ1) is 40.5. The predicted molar refractivity (Wildman–Crippen MR) is 358 cm³/mol. The van der Waals surface area contributed by atoms with Crippen molar-refractivity contribution in [2.75, 3.05) is 13.2 Å². The Morgan fingerprint density at radius 2 is 0.439 bits per heavy atom. The number of esters is 3. The minimum Gasteiger partial charge on any atom is -0.462 e. The lowest BCUT2D eigenvalue weighted by atomic mass is 10.0. The van der Waals surface area contributed by atoms with Gasteiger partial charge in [0.15, 0.2) is 6.10 Å². The third kappa shape index (κ3) is 68.4. The van der Waals surface area contributed by atoms with Crippen LogP contribution in [0.3, 0.4) is 0 Å². The summed E-state index contributed by atoms with van der Waals surface area (Å²) in [5, 5.41) is 0. The number of carbonyl (C=O) groups is 3. The van der Waals surface area contributed by atoms with Crippen molar-refractivity contribution in [3.05, 3.63) is 36.5 Å². The van der Waals surface area contributed by atoms with Crippen LogP contribution in [0.2, 0.25) is 0 Å². The number of hydrogen-bond acceptors (Lipinski definition) is 6. The summed E-state index contributed by atoms with van der Waals surface area (Å²) in [4.78, 5) is 38.5. The van der Waals surface area contributed by atoms with Crippen LogP contribution in [0.5, 0.6) is 0 Å². The Kier molecular flexibility index (Phi) is 69.1. The summed E-state index contributed by atoms with van der Waals surface area (Å²) in [6.45, 7) is 6.72. The summed E-state index contributed by atoms with van der Waals surface area (Å²) >= 11 is 0. The van der Waals surface area contributed by atoms with Crippen LogP contribution in [0.25, 0.3) is 0 Å². The highest BCUT2D eigenvalue weighted by atomic mass is 16.6. The lowest BCUT2D eigenvalue weighted by molar-refractivity contribution is -0.167. The van der Waals surface area contributed by atoms with Crippen molar-refractivity contribution in [3.8, 4) is 0 Å². The van der Waals surface area contributed by atoms with Crippen molar-refractivity contribution in [2.24, 2.45) is 0 Å². The SMILES string of the molecule is CCCCCCC/C=C\C/C=C\C/C=C\CCCCCCCCCCCCC(=O)OCC(COC(=O)CCCCCCCCCCCCCCCCCC)OC(=O)CCCCCCCCCCCCCCCCCCCCCCCCC. The molecule has 6 heteroatoms. The maximum absolute atomic E-state index is 13.0. The fraction of sp³-hybridized carbons (Fsp3) is 0.882. The first kappa shape index (κ1) is 79.6. The molecule has 0 bridgehead atoms. The molecular weight excluding hydrogens is 1010 g/mol. The Morgan fingerprint density at radius 1 is 0.244 bits per heavy atom. The predicted octanol–water partition coefficient (Wildman–Crippen LogP) is 25.5. The van der Waals surface area contributed by atoms with E-state index in [1.54, 1.807) is 0 Å². The van der Waals surface area contributed by atoms with Gasteiger partial charge in [-0.2, -0.15) is 0 Å². The van der Waals surface area contributed by atoms with E-state index < -0.39 is 6.10 Å². The molecule has 6 nitrogen and oxygen atoms in total. The zero-order valence-electron chi connectivity index (χ0n) is 55.5. The highest BCUT2D eigenvalue weighted by Crippen LogP contribution is 2.19. The van der Waals surface area contributed by atoms with Crippen molar-refractivity contribution in [1.82, 2.24) is 0 Å². The summed E-state index contributed by atoms with van der Waals surface area (Å²) in [6.07, 6.45) is 88.9. The van der Waals surface area contributed by atoms with Gasteiger partial charge in [0.25, 0.3) is 0 Å². The Balaban J connectivity index is 4.28. The molecule has 0 aromatic heterocycles. The number of rotatable bonds is 69. The first-order valence-corrected chi connectivity index (χ1v) is 37.0. The molecule has 0 saturated heterocycles. The van der Waals surface area contributed by atoms with Gasteiger partial charge in [0.2, 0.25) is 0 Å². The standard InChI is InChI=1S/C76H142O6/c1-4-7-10-13-16-19-22-25-28-31-33-35-37-38-40-41-43-45-48-51-54-57-60-63-66-69-75(78)81-72-73(71-80-74(77)68-65-62-59-56-53-50-47-30-27-24-21-18-15-12-9-6-3)82-76(79)70-67-64-61-58-55-52-49-46-44-42-39-36-34-32-29-26-23-20-17-14-11-8-5-2/h22,25,31,33,37-38,73H,4-21,23-24,26-30,32,34-36,39-72H2,1-3H3/b25-22-,33-31-,38-37-. The number of ether oxygens (including phenoxy) is 3. The molecule has 0 rings (SSSR count). The fourth-order valence-electron chi connectivity index (χ4n) is 11.3. The maximum atomic E-state index is 13.0. The Morgan fingerprint density at radius 3 is 0.683 bits per heavy atom. The maximum Gasteiger partial charge on any atom is 0.306 e. The molecule has 0 aliphatic carbocycles. The third-order valence-electron chi connectivity index (χ3n) is 16.9. The smallest absolute Gasteiger partial charge is 0.306 e. The molecule has 0 spiro atoms. The van der Waals surface area contributed by atoms with Gasteiger partial charge in [-0.15, -0.1) is 0 Å². The lowest BCUT2D eigenvalue weighted by Crippen LogP contribution is -2.30. The third-order valence-corrected chi connectivity index (χ3v) is 16.9. The molecule has 482 valence electrons. The molecule has 0 saturated carbocycles. The summed E-state index contributed by atoms with van der Waals surface area (Å²) in [6, 6.07) is 0. The average molecular weight is 1150 g/mol. The van der Waals surface area contributed by atoms with E-state index in [0.717, 1.165) is 70.6 Å². The van der Waals surface area contributed by atoms with Crippen LogP contribution in [0, 0.1) is 0 Å². The molecule has 0 radical (unpaired) electrons. The molecular formula is C76H142O6. The minimum absolute atomic E-state index is 0.0667. The molecule has 0 aliphatic heterocycles. The summed E-state index contributed by atoms with van der Waals surface area (Å²) in [5.41, 5.74) is 0. The van der Waals surface area contributed by atoms with Crippen LogP contribution in [-0.4, -0.2) is 37.2 Å². The van der Waals surface area contributed by atoms with Crippen molar-refractivity contribution in [1.29, 1.82) is 0 Å². The Hall–Kier alpha value is -2.37. The van der Waals surface area contributed by atoms with Gasteiger partial charge >= 0.3 is 17.9 Å². The topological polar surface area (TPSA) is 78.9 Å². The van der Waals surface area contributed by atoms with Crippen LogP contribution < -0.4 is 0 Å². The number of hydrogen-bond donors (Lipinski definition) is 0. The van der Waals surface area contributed by atoms with Gasteiger partial charge in [0.1, 0.15) is 13.2 Å². The number of allylic oxidation sites excluding steroid dienone is 6. The van der Waals surface area contributed by atoms with Gasteiger partial charge in [-0.1, -0.05) is 372 Å². The second-order valence-electron chi connectivity index (χ2n) is 25.2. The monoisotopic (exact) mass is 1150 g/mol. The molecule has 0 amide bonds. The zero-order valence-corrected chi connectivity index (χ0v) is 55.5. The molecule has 0 heterocycles. The van der Waals surface area contributed by atoms with Crippen molar-refractivity contribution >= 4 is 17.9 Å². The van der Waals surface area contributed by atoms with Crippen LogP contribution in [0.15, 0.2) is 36.5 Å². The molecule has 1 unspecified atom stereocenters. The largest absolute Gasteiger partial charge is 0.462 e. The normalized spacial score (nSPS) is 12.2. The second kappa shape index (κ2) is 71.1. The molecule has 0 aromatic carbocycles. The lowest BCUT2D eigenvalue weighted by Gasteiger charge is -2.18. The van der Waals surface area contributed by atoms with E-state index in [9.17, 15) is 14.4 Å². The minimum atomic E-state index is -0.772. The van der Waals surface area contributed by atoms with Gasteiger partial charge in [0, 0.05) is 19.3 Å². The summed E-state index contributed by atoms with van der Waals surface area (Å²) in [5.74, 6) is -0.836. The number of unbranched alkanes of at least 4 members (excludes halogenated alkanes) is 52. The van der Waals surface area contributed by atoms with E-state index in [-0.39, 0.29) is 31.1 Å². The zero-order chi connectivity index (χ0) is 59.2. The molecule has 0 aliphatic rings.